The van der Waals surface area contributed by atoms with Crippen LogP contribution in [0.15, 0.2) is 36.4 Å². The van der Waals surface area contributed by atoms with E-state index in [2.05, 4.69) is 30.9 Å². The summed E-state index contributed by atoms with van der Waals surface area (Å²) < 4.78 is 5.55. The topological polar surface area (TPSA) is 32.8 Å². The first-order valence-corrected chi connectivity index (χ1v) is 11.0. The van der Waals surface area contributed by atoms with Crippen molar-refractivity contribution < 1.29 is 9.53 Å². The Morgan fingerprint density at radius 3 is 1.77 bits per heavy atom. The molecule has 0 radical (unpaired) electrons. The summed E-state index contributed by atoms with van der Waals surface area (Å²) in [4.78, 5) is 16.7. The van der Waals surface area contributed by atoms with Crippen molar-refractivity contribution in [1.29, 1.82) is 0 Å². The van der Waals surface area contributed by atoms with E-state index in [0.717, 1.165) is 34.3 Å². The number of ether oxygens (including phenoxy) is 1. The van der Waals surface area contributed by atoms with Crippen LogP contribution in [-0.4, -0.2) is 47.7 Å². The summed E-state index contributed by atoms with van der Waals surface area (Å²) in [5.41, 5.74) is 4.25. The molecular weight excluding hydrogens is 419 g/mol. The minimum absolute atomic E-state index is 0.0697. The summed E-state index contributed by atoms with van der Waals surface area (Å²) in [5, 5.41) is 1.47. The summed E-state index contributed by atoms with van der Waals surface area (Å²) in [7, 11) is 0. The highest BCUT2D eigenvalue weighted by Gasteiger charge is 2.31. The van der Waals surface area contributed by atoms with Crippen molar-refractivity contribution in [2.75, 3.05) is 26.2 Å². The zero-order valence-electron chi connectivity index (χ0n) is 18.3. The van der Waals surface area contributed by atoms with Crippen LogP contribution in [0.3, 0.4) is 0 Å². The first kappa shape index (κ1) is 22.9. The second-order valence-electron chi connectivity index (χ2n) is 8.91. The van der Waals surface area contributed by atoms with Crippen LogP contribution in [0, 0.1) is 13.8 Å². The average molecular weight is 449 g/mol. The highest BCUT2D eigenvalue weighted by molar-refractivity contribution is 6.31. The van der Waals surface area contributed by atoms with Crippen molar-refractivity contribution in [3.63, 3.8) is 0 Å². The number of aryl methyl sites for hydroxylation is 2. The molecule has 1 aliphatic rings. The van der Waals surface area contributed by atoms with Crippen LogP contribution in [0.2, 0.25) is 10.0 Å². The number of rotatable bonds is 3. The van der Waals surface area contributed by atoms with E-state index in [1.807, 2.05) is 45.0 Å². The van der Waals surface area contributed by atoms with Gasteiger partial charge in [-0.1, -0.05) is 35.3 Å². The number of hydrogen-bond acceptors (Lipinski definition) is 3. The third-order valence-corrected chi connectivity index (χ3v) is 5.85. The monoisotopic (exact) mass is 448 g/mol. The van der Waals surface area contributed by atoms with Crippen molar-refractivity contribution in [1.82, 2.24) is 9.80 Å². The molecule has 6 heteroatoms. The number of benzene rings is 2. The number of amides is 1. The van der Waals surface area contributed by atoms with Gasteiger partial charge in [-0.3, -0.25) is 4.90 Å². The van der Waals surface area contributed by atoms with E-state index in [1.54, 1.807) is 4.90 Å². The predicted octanol–water partition coefficient (Wildman–Crippen LogP) is 6.25. The maximum absolute atomic E-state index is 12.5. The quantitative estimate of drug-likeness (QED) is 0.555. The predicted molar refractivity (Wildman–Crippen MR) is 124 cm³/mol. The molecule has 0 atom stereocenters. The van der Waals surface area contributed by atoms with Gasteiger partial charge in [0.2, 0.25) is 0 Å². The SMILES string of the molecule is Cc1cc(Cl)ccc1C(c1ccc(Cl)cc1C)N1CCN(C(=O)OC(C)(C)C)CC1. The van der Waals surface area contributed by atoms with E-state index in [9.17, 15) is 4.79 Å². The van der Waals surface area contributed by atoms with Crippen LogP contribution in [-0.2, 0) is 4.74 Å². The van der Waals surface area contributed by atoms with E-state index in [4.69, 9.17) is 27.9 Å². The van der Waals surface area contributed by atoms with Crippen molar-refractivity contribution in [2.45, 2.75) is 46.3 Å². The Balaban J connectivity index is 1.88. The molecule has 1 aliphatic heterocycles. The van der Waals surface area contributed by atoms with Gasteiger partial charge in [0.25, 0.3) is 0 Å². The third kappa shape index (κ3) is 5.48. The van der Waals surface area contributed by atoms with Crippen LogP contribution in [0.4, 0.5) is 4.79 Å². The number of piperazine rings is 1. The fourth-order valence-electron chi connectivity index (χ4n) is 3.94. The van der Waals surface area contributed by atoms with Crippen molar-refractivity contribution in [3.05, 3.63) is 68.7 Å². The lowest BCUT2D eigenvalue weighted by Crippen LogP contribution is -2.51. The molecule has 0 bridgehead atoms. The summed E-state index contributed by atoms with van der Waals surface area (Å²) in [6, 6.07) is 12.2. The lowest BCUT2D eigenvalue weighted by Gasteiger charge is -2.40. The Kier molecular flexibility index (Phi) is 7.01. The fraction of sp³-hybridized carbons (Fsp3) is 0.458. The normalized spacial score (nSPS) is 15.5. The minimum Gasteiger partial charge on any atom is -0.444 e. The van der Waals surface area contributed by atoms with Gasteiger partial charge in [-0.05, 0) is 81.1 Å². The molecule has 30 heavy (non-hydrogen) atoms. The van der Waals surface area contributed by atoms with Gasteiger partial charge in [-0.25, -0.2) is 4.79 Å². The molecule has 1 amide bonds. The van der Waals surface area contributed by atoms with E-state index in [1.165, 1.54) is 11.1 Å². The summed E-state index contributed by atoms with van der Waals surface area (Å²) in [6.07, 6.45) is -0.246. The van der Waals surface area contributed by atoms with Crippen molar-refractivity contribution >= 4 is 29.3 Å². The van der Waals surface area contributed by atoms with E-state index >= 15 is 0 Å². The van der Waals surface area contributed by atoms with Crippen molar-refractivity contribution in [2.24, 2.45) is 0 Å². The van der Waals surface area contributed by atoms with E-state index in [-0.39, 0.29) is 12.1 Å². The molecule has 4 nitrogen and oxygen atoms in total. The number of halogens is 2. The molecule has 0 spiro atoms. The van der Waals surface area contributed by atoms with Gasteiger partial charge in [0, 0.05) is 36.2 Å². The van der Waals surface area contributed by atoms with Crippen LogP contribution in [0.5, 0.6) is 0 Å². The molecule has 0 saturated carbocycles. The first-order chi connectivity index (χ1) is 14.0. The smallest absolute Gasteiger partial charge is 0.410 e. The fourth-order valence-corrected chi connectivity index (χ4v) is 4.40. The molecule has 3 rings (SSSR count). The Labute approximate surface area is 189 Å². The first-order valence-electron chi connectivity index (χ1n) is 10.3. The molecule has 2 aromatic rings. The Morgan fingerprint density at radius 2 is 1.37 bits per heavy atom. The molecule has 0 aliphatic carbocycles. The summed E-state index contributed by atoms with van der Waals surface area (Å²) in [5.74, 6) is 0. The second kappa shape index (κ2) is 9.17. The van der Waals surface area contributed by atoms with E-state index in [0.29, 0.717) is 13.1 Å². The molecule has 0 unspecified atom stereocenters. The molecule has 0 aromatic heterocycles. The molecule has 1 fully saturated rings. The maximum Gasteiger partial charge on any atom is 0.410 e. The van der Waals surface area contributed by atoms with Crippen LogP contribution in [0.25, 0.3) is 0 Å². The van der Waals surface area contributed by atoms with Gasteiger partial charge in [0.05, 0.1) is 6.04 Å². The van der Waals surface area contributed by atoms with E-state index < -0.39 is 5.60 Å². The highest BCUT2D eigenvalue weighted by Crippen LogP contribution is 2.35. The maximum atomic E-state index is 12.5. The lowest BCUT2D eigenvalue weighted by molar-refractivity contribution is 0.0119. The highest BCUT2D eigenvalue weighted by atomic mass is 35.5. The van der Waals surface area contributed by atoms with Gasteiger partial charge < -0.3 is 9.64 Å². The number of nitrogens with zero attached hydrogens (tertiary/aromatic N) is 2. The molecule has 162 valence electrons. The van der Waals surface area contributed by atoms with Gasteiger partial charge in [0.1, 0.15) is 5.60 Å². The molecule has 0 N–H and O–H groups in total. The summed E-state index contributed by atoms with van der Waals surface area (Å²) in [6.45, 7) is 12.6. The Hall–Kier alpha value is -1.75. The largest absolute Gasteiger partial charge is 0.444 e. The standard InChI is InChI=1S/C24H30Cl2N2O2/c1-16-14-18(25)6-8-20(16)22(21-9-7-19(26)15-17(21)2)27-10-12-28(13-11-27)23(29)30-24(3,4)5/h6-9,14-15,22H,10-13H2,1-5H3. The van der Waals surface area contributed by atoms with Gasteiger partial charge in [-0.2, -0.15) is 0 Å². The number of carbonyl (C=O) groups is 1. The lowest BCUT2D eigenvalue weighted by atomic mass is 9.90. The van der Waals surface area contributed by atoms with Crippen LogP contribution in [0.1, 0.15) is 49.1 Å². The minimum atomic E-state index is -0.489. The number of carbonyl (C=O) groups excluding carboxylic acids is 1. The zero-order valence-corrected chi connectivity index (χ0v) is 19.8. The third-order valence-electron chi connectivity index (χ3n) is 5.38. The van der Waals surface area contributed by atoms with Crippen LogP contribution < -0.4 is 0 Å². The Morgan fingerprint density at radius 1 is 0.900 bits per heavy atom. The average Bonchev–Trinajstić information content (AvgIpc) is 2.64. The molecule has 1 saturated heterocycles. The van der Waals surface area contributed by atoms with Gasteiger partial charge >= 0.3 is 6.09 Å². The van der Waals surface area contributed by atoms with Gasteiger partial charge in [0.15, 0.2) is 0 Å². The van der Waals surface area contributed by atoms with Crippen LogP contribution >= 0.6 is 23.2 Å². The summed E-state index contributed by atoms with van der Waals surface area (Å²) >= 11 is 12.4. The van der Waals surface area contributed by atoms with Crippen molar-refractivity contribution in [3.8, 4) is 0 Å². The molecule has 2 aromatic carbocycles. The number of hydrogen-bond donors (Lipinski definition) is 0. The molecular formula is C24H30Cl2N2O2. The second-order valence-corrected chi connectivity index (χ2v) is 9.78. The Bertz CT molecular complexity index is 864. The van der Waals surface area contributed by atoms with Gasteiger partial charge in [-0.15, -0.1) is 0 Å². The molecule has 1 heterocycles. The zero-order chi connectivity index (χ0) is 22.1.